The van der Waals surface area contributed by atoms with Gasteiger partial charge in [-0.25, -0.2) is 0 Å². The smallest absolute Gasteiger partial charge is 0.310 e. The maximum atomic E-state index is 11.1. The molecule has 28 heavy (non-hydrogen) atoms. The van der Waals surface area contributed by atoms with Crippen LogP contribution in [0.5, 0.6) is 0 Å². The Morgan fingerprint density at radius 3 is 0.893 bits per heavy atom. The summed E-state index contributed by atoms with van der Waals surface area (Å²) < 4.78 is 9.39. The van der Waals surface area contributed by atoms with Gasteiger partial charge in [0.05, 0.1) is 12.5 Å². The van der Waals surface area contributed by atoms with E-state index in [4.69, 9.17) is 9.47 Å². The zero-order valence-electron chi connectivity index (χ0n) is 17.9. The zero-order chi connectivity index (χ0) is 20.7. The van der Waals surface area contributed by atoms with E-state index in [2.05, 4.69) is 13.2 Å². The highest BCUT2D eigenvalue weighted by atomic mass is 16.5. The largest absolute Gasteiger partial charge is 0.435 e. The van der Waals surface area contributed by atoms with Gasteiger partial charge in [-0.3, -0.25) is 9.59 Å². The molecular formula is C24H42O4. The van der Waals surface area contributed by atoms with E-state index in [1.165, 1.54) is 89.6 Å². The van der Waals surface area contributed by atoms with Gasteiger partial charge in [0, 0.05) is 12.8 Å². The first kappa shape index (κ1) is 26.4. The third-order valence-corrected chi connectivity index (χ3v) is 4.94. The molecule has 0 heterocycles. The number of ether oxygens (including phenoxy) is 2. The Bertz CT molecular complexity index is 365. The molecule has 0 saturated heterocycles. The Labute approximate surface area is 172 Å². The summed E-state index contributed by atoms with van der Waals surface area (Å²) >= 11 is 0. The second-order valence-corrected chi connectivity index (χ2v) is 7.47. The van der Waals surface area contributed by atoms with E-state index in [-0.39, 0.29) is 11.9 Å². The predicted octanol–water partition coefficient (Wildman–Crippen LogP) is 7.38. The van der Waals surface area contributed by atoms with Gasteiger partial charge in [0.2, 0.25) is 0 Å². The van der Waals surface area contributed by atoms with Crippen LogP contribution in [0.2, 0.25) is 0 Å². The molecule has 0 aliphatic heterocycles. The molecule has 4 nitrogen and oxygen atoms in total. The lowest BCUT2D eigenvalue weighted by Gasteiger charge is -2.04. The molecule has 0 radical (unpaired) electrons. The Balaban J connectivity index is 3.10. The number of carbonyl (C=O) groups is 2. The summed E-state index contributed by atoms with van der Waals surface area (Å²) in [6.45, 7) is 6.76. The van der Waals surface area contributed by atoms with Crippen LogP contribution in [0.3, 0.4) is 0 Å². The second kappa shape index (κ2) is 21.7. The Hall–Kier alpha value is -1.58. The van der Waals surface area contributed by atoms with Crippen LogP contribution in [-0.2, 0) is 19.1 Å². The lowest BCUT2D eigenvalue weighted by Crippen LogP contribution is -1.98. The van der Waals surface area contributed by atoms with Crippen molar-refractivity contribution < 1.29 is 19.1 Å². The highest BCUT2D eigenvalue weighted by molar-refractivity contribution is 5.70. The van der Waals surface area contributed by atoms with Crippen LogP contribution in [0.4, 0.5) is 0 Å². The summed E-state index contributed by atoms with van der Waals surface area (Å²) in [5.74, 6) is -0.332. The average molecular weight is 395 g/mol. The Morgan fingerprint density at radius 2 is 0.679 bits per heavy atom. The van der Waals surface area contributed by atoms with Gasteiger partial charge in [-0.1, -0.05) is 103 Å². The topological polar surface area (TPSA) is 52.6 Å². The van der Waals surface area contributed by atoms with E-state index in [1.54, 1.807) is 0 Å². The predicted molar refractivity (Wildman–Crippen MR) is 116 cm³/mol. The fourth-order valence-corrected chi connectivity index (χ4v) is 3.32. The summed E-state index contributed by atoms with van der Waals surface area (Å²) in [5, 5.41) is 0. The third-order valence-electron chi connectivity index (χ3n) is 4.94. The van der Waals surface area contributed by atoms with Crippen LogP contribution in [0.15, 0.2) is 25.7 Å². The van der Waals surface area contributed by atoms with Crippen LogP contribution in [0.25, 0.3) is 0 Å². The van der Waals surface area contributed by atoms with Crippen LogP contribution in [-0.4, -0.2) is 11.9 Å². The molecule has 0 fully saturated rings. The standard InChI is InChI=1S/C24H42O4/c1-3-27-23(25)21-19-17-15-13-11-9-7-5-6-8-10-12-14-16-18-20-22-24(26)28-4-2/h3-4H,1-2,5-22H2. The summed E-state index contributed by atoms with van der Waals surface area (Å²) in [7, 11) is 0. The molecule has 0 saturated carbocycles. The molecule has 0 unspecified atom stereocenters. The lowest BCUT2D eigenvalue weighted by molar-refractivity contribution is -0.139. The van der Waals surface area contributed by atoms with Crippen molar-refractivity contribution in [2.45, 2.75) is 116 Å². The van der Waals surface area contributed by atoms with Gasteiger partial charge in [0.25, 0.3) is 0 Å². The van der Waals surface area contributed by atoms with Gasteiger partial charge in [-0.2, -0.15) is 0 Å². The van der Waals surface area contributed by atoms with E-state index in [0.29, 0.717) is 12.8 Å². The van der Waals surface area contributed by atoms with Crippen molar-refractivity contribution in [1.29, 1.82) is 0 Å². The monoisotopic (exact) mass is 394 g/mol. The van der Waals surface area contributed by atoms with Gasteiger partial charge >= 0.3 is 11.9 Å². The Kier molecular flexibility index (Phi) is 20.5. The lowest BCUT2D eigenvalue weighted by atomic mass is 10.0. The molecule has 0 aliphatic rings. The van der Waals surface area contributed by atoms with E-state index in [1.807, 2.05) is 0 Å². The molecule has 0 aromatic heterocycles. The molecule has 0 aromatic carbocycles. The quantitative estimate of drug-likeness (QED) is 0.116. The fourth-order valence-electron chi connectivity index (χ4n) is 3.32. The van der Waals surface area contributed by atoms with Crippen LogP contribution in [0.1, 0.15) is 116 Å². The van der Waals surface area contributed by atoms with Crippen LogP contribution < -0.4 is 0 Å². The molecule has 4 heteroatoms. The maximum Gasteiger partial charge on any atom is 0.310 e. The van der Waals surface area contributed by atoms with Gasteiger partial charge in [0.1, 0.15) is 0 Å². The third kappa shape index (κ3) is 20.7. The molecule has 0 aromatic rings. The summed E-state index contributed by atoms with van der Waals surface area (Å²) in [4.78, 5) is 22.3. The number of rotatable bonds is 21. The molecule has 0 N–H and O–H groups in total. The summed E-state index contributed by atoms with van der Waals surface area (Å²) in [5.41, 5.74) is 0. The molecule has 162 valence electrons. The van der Waals surface area contributed by atoms with E-state index in [9.17, 15) is 9.59 Å². The van der Waals surface area contributed by atoms with Gasteiger partial charge < -0.3 is 9.47 Å². The molecular weight excluding hydrogens is 352 g/mol. The number of carbonyl (C=O) groups excluding carboxylic acids is 2. The molecule has 0 bridgehead atoms. The van der Waals surface area contributed by atoms with Gasteiger partial charge in [0.15, 0.2) is 0 Å². The van der Waals surface area contributed by atoms with Crippen molar-refractivity contribution in [2.24, 2.45) is 0 Å². The Morgan fingerprint density at radius 1 is 0.464 bits per heavy atom. The summed E-state index contributed by atoms with van der Waals surface area (Å²) in [6, 6.07) is 0. The van der Waals surface area contributed by atoms with Crippen molar-refractivity contribution in [1.82, 2.24) is 0 Å². The highest BCUT2D eigenvalue weighted by Gasteiger charge is 2.01. The second-order valence-electron chi connectivity index (χ2n) is 7.47. The molecule has 0 amide bonds. The van der Waals surface area contributed by atoms with Crippen molar-refractivity contribution in [3.8, 4) is 0 Å². The molecule has 0 atom stereocenters. The average Bonchev–Trinajstić information content (AvgIpc) is 2.67. The minimum Gasteiger partial charge on any atom is -0.435 e. The van der Waals surface area contributed by atoms with Gasteiger partial charge in [-0.15, -0.1) is 0 Å². The molecule has 0 aliphatic carbocycles. The van der Waals surface area contributed by atoms with E-state index < -0.39 is 0 Å². The van der Waals surface area contributed by atoms with E-state index >= 15 is 0 Å². The minimum absolute atomic E-state index is 0.166. The molecule has 0 rings (SSSR count). The summed E-state index contributed by atoms with van der Waals surface area (Å²) in [6.07, 6.45) is 23.3. The minimum atomic E-state index is -0.166. The van der Waals surface area contributed by atoms with Crippen molar-refractivity contribution in [2.75, 3.05) is 0 Å². The van der Waals surface area contributed by atoms with Crippen molar-refractivity contribution in [3.63, 3.8) is 0 Å². The van der Waals surface area contributed by atoms with Gasteiger partial charge in [-0.05, 0) is 12.8 Å². The normalized spacial score (nSPS) is 10.4. The maximum absolute atomic E-state index is 11.1. The van der Waals surface area contributed by atoms with Crippen LogP contribution in [0, 0.1) is 0 Å². The number of hydrogen-bond acceptors (Lipinski definition) is 4. The zero-order valence-corrected chi connectivity index (χ0v) is 17.9. The first-order chi connectivity index (χ1) is 13.7. The highest BCUT2D eigenvalue weighted by Crippen LogP contribution is 2.14. The van der Waals surface area contributed by atoms with Crippen LogP contribution >= 0.6 is 0 Å². The van der Waals surface area contributed by atoms with E-state index in [0.717, 1.165) is 25.7 Å². The first-order valence-electron chi connectivity index (χ1n) is 11.3. The first-order valence-corrected chi connectivity index (χ1v) is 11.3. The SMILES string of the molecule is C=COC(=O)CCCCCCCCCCCCCCCCCCC(=O)OC=C. The number of unbranched alkanes of at least 4 members (excludes halogenated alkanes) is 15. The van der Waals surface area contributed by atoms with Crippen molar-refractivity contribution in [3.05, 3.63) is 25.7 Å². The number of hydrogen-bond donors (Lipinski definition) is 0. The fraction of sp³-hybridized carbons (Fsp3) is 0.750. The molecule has 0 spiro atoms. The number of esters is 2. The van der Waals surface area contributed by atoms with Crippen molar-refractivity contribution >= 4 is 11.9 Å².